The quantitative estimate of drug-likeness (QED) is 0.678. The molecule has 2 aromatic heterocycles. The first-order valence-corrected chi connectivity index (χ1v) is 8.40. The molecule has 1 aliphatic rings. The van der Waals surface area contributed by atoms with Crippen LogP contribution in [-0.2, 0) is 9.59 Å². The van der Waals surface area contributed by atoms with Gasteiger partial charge in [-0.15, -0.1) is 0 Å². The second-order valence-corrected chi connectivity index (χ2v) is 6.09. The summed E-state index contributed by atoms with van der Waals surface area (Å²) in [6, 6.07) is 11.1. The second-order valence-electron chi connectivity index (χ2n) is 6.09. The van der Waals surface area contributed by atoms with Crippen LogP contribution in [0.4, 0.5) is 11.5 Å². The first-order chi connectivity index (χ1) is 12.7. The van der Waals surface area contributed by atoms with Crippen molar-refractivity contribution in [1.29, 1.82) is 0 Å². The molecule has 0 atom stereocenters. The molecule has 8 nitrogen and oxygen atoms in total. The molecule has 1 saturated heterocycles. The average Bonchev–Trinajstić information content (AvgIpc) is 3.16. The van der Waals surface area contributed by atoms with Crippen molar-refractivity contribution in [3.63, 3.8) is 0 Å². The Kier molecular flexibility index (Phi) is 4.22. The summed E-state index contributed by atoms with van der Waals surface area (Å²) in [5, 5.41) is 10.4. The molecule has 2 N–H and O–H groups in total. The second kappa shape index (κ2) is 6.83. The van der Waals surface area contributed by atoms with Gasteiger partial charge in [0.15, 0.2) is 0 Å². The lowest BCUT2D eigenvalue weighted by atomic mass is 10.2. The molecule has 3 aromatic rings. The van der Waals surface area contributed by atoms with E-state index in [1.54, 1.807) is 29.4 Å². The summed E-state index contributed by atoms with van der Waals surface area (Å²) < 4.78 is 0. The van der Waals surface area contributed by atoms with E-state index in [9.17, 15) is 9.59 Å². The molecule has 0 spiro atoms. The van der Waals surface area contributed by atoms with E-state index in [4.69, 9.17) is 0 Å². The minimum atomic E-state index is -0.629. The van der Waals surface area contributed by atoms with Crippen LogP contribution in [0, 0.1) is 0 Å². The molecule has 1 aromatic carbocycles. The SMILES string of the molecule is O=C(Nc1ccc2cn[nH]c2c1)C(=O)N1CCN(c2ccccn2)CC1. The maximum Gasteiger partial charge on any atom is 0.313 e. The molecule has 132 valence electrons. The summed E-state index contributed by atoms with van der Waals surface area (Å²) in [7, 11) is 0. The molecule has 0 unspecified atom stereocenters. The number of rotatable bonds is 2. The normalized spacial score (nSPS) is 14.5. The van der Waals surface area contributed by atoms with Gasteiger partial charge in [-0.05, 0) is 30.3 Å². The zero-order valence-corrected chi connectivity index (χ0v) is 14.1. The lowest BCUT2D eigenvalue weighted by Crippen LogP contribution is -2.51. The van der Waals surface area contributed by atoms with Crippen LogP contribution in [0.5, 0.6) is 0 Å². The Bertz CT molecular complexity index is 931. The summed E-state index contributed by atoms with van der Waals surface area (Å²) in [6.07, 6.45) is 3.45. The number of H-pyrrole nitrogens is 1. The van der Waals surface area contributed by atoms with Crippen molar-refractivity contribution in [1.82, 2.24) is 20.1 Å². The van der Waals surface area contributed by atoms with Gasteiger partial charge >= 0.3 is 11.8 Å². The molecule has 1 fully saturated rings. The zero-order valence-electron chi connectivity index (χ0n) is 14.1. The average molecular weight is 350 g/mol. The lowest BCUT2D eigenvalue weighted by molar-refractivity contribution is -0.143. The van der Waals surface area contributed by atoms with Crippen molar-refractivity contribution >= 4 is 34.2 Å². The molecule has 0 aliphatic carbocycles. The van der Waals surface area contributed by atoms with Gasteiger partial charge in [0.1, 0.15) is 5.82 Å². The van der Waals surface area contributed by atoms with Crippen LogP contribution in [0.1, 0.15) is 0 Å². The van der Waals surface area contributed by atoms with E-state index in [1.165, 1.54) is 0 Å². The van der Waals surface area contributed by atoms with Crippen LogP contribution >= 0.6 is 0 Å². The van der Waals surface area contributed by atoms with E-state index in [-0.39, 0.29) is 0 Å². The third kappa shape index (κ3) is 3.21. The molecule has 0 saturated carbocycles. The van der Waals surface area contributed by atoms with E-state index >= 15 is 0 Å². The Morgan fingerprint density at radius 3 is 2.69 bits per heavy atom. The van der Waals surface area contributed by atoms with E-state index in [2.05, 4.69) is 25.4 Å². The van der Waals surface area contributed by atoms with Crippen LogP contribution in [0.2, 0.25) is 0 Å². The third-order valence-corrected chi connectivity index (χ3v) is 4.43. The Labute approximate surface area is 149 Å². The van der Waals surface area contributed by atoms with E-state index in [1.807, 2.05) is 24.3 Å². The number of pyridine rings is 1. The highest BCUT2D eigenvalue weighted by Gasteiger charge is 2.26. The molecule has 0 bridgehead atoms. The number of piperazine rings is 1. The number of hydrogen-bond donors (Lipinski definition) is 2. The highest BCUT2D eigenvalue weighted by atomic mass is 16.2. The van der Waals surface area contributed by atoms with Crippen LogP contribution in [0.25, 0.3) is 10.9 Å². The van der Waals surface area contributed by atoms with Gasteiger partial charge in [-0.1, -0.05) is 6.07 Å². The van der Waals surface area contributed by atoms with Crippen molar-refractivity contribution in [2.24, 2.45) is 0 Å². The summed E-state index contributed by atoms with van der Waals surface area (Å²) in [4.78, 5) is 32.7. The Hall–Kier alpha value is -3.42. The molecule has 1 aliphatic heterocycles. The minimum Gasteiger partial charge on any atom is -0.353 e. The molecular weight excluding hydrogens is 332 g/mol. The number of carbonyl (C=O) groups is 2. The monoisotopic (exact) mass is 350 g/mol. The van der Waals surface area contributed by atoms with E-state index < -0.39 is 11.8 Å². The van der Waals surface area contributed by atoms with Crippen molar-refractivity contribution in [3.8, 4) is 0 Å². The molecule has 8 heteroatoms. The molecule has 26 heavy (non-hydrogen) atoms. The summed E-state index contributed by atoms with van der Waals surface area (Å²) in [5.41, 5.74) is 1.37. The van der Waals surface area contributed by atoms with Gasteiger partial charge in [0.25, 0.3) is 0 Å². The van der Waals surface area contributed by atoms with Crippen LogP contribution in [-0.4, -0.2) is 58.1 Å². The highest BCUT2D eigenvalue weighted by Crippen LogP contribution is 2.17. The standard InChI is InChI=1S/C18H18N6O2/c25-17(21-14-5-4-13-12-20-22-15(13)11-14)18(26)24-9-7-23(8-10-24)16-3-1-2-6-19-16/h1-6,11-12H,7-10H2,(H,20,22)(H,21,25). The highest BCUT2D eigenvalue weighted by molar-refractivity contribution is 6.39. The Morgan fingerprint density at radius 2 is 1.92 bits per heavy atom. The van der Waals surface area contributed by atoms with Gasteiger partial charge in [-0.2, -0.15) is 5.10 Å². The molecule has 0 radical (unpaired) electrons. The molecule has 2 amide bonds. The molecule has 3 heterocycles. The first kappa shape index (κ1) is 16.1. The summed E-state index contributed by atoms with van der Waals surface area (Å²) in [5.74, 6) is -0.262. The van der Waals surface area contributed by atoms with Crippen LogP contribution in [0.3, 0.4) is 0 Å². The smallest absolute Gasteiger partial charge is 0.313 e. The van der Waals surface area contributed by atoms with Gasteiger partial charge < -0.3 is 15.1 Å². The number of benzene rings is 1. The van der Waals surface area contributed by atoms with Crippen molar-refractivity contribution in [2.75, 3.05) is 36.4 Å². The number of nitrogens with zero attached hydrogens (tertiary/aromatic N) is 4. The topological polar surface area (TPSA) is 94.2 Å². The summed E-state index contributed by atoms with van der Waals surface area (Å²) in [6.45, 7) is 2.27. The van der Waals surface area contributed by atoms with Crippen LogP contribution in [0.15, 0.2) is 48.8 Å². The predicted molar refractivity (Wildman–Crippen MR) is 97.8 cm³/mol. The number of amides is 2. The van der Waals surface area contributed by atoms with Crippen LogP contribution < -0.4 is 10.2 Å². The van der Waals surface area contributed by atoms with E-state index in [0.29, 0.717) is 31.9 Å². The number of carbonyl (C=O) groups excluding carboxylic acids is 2. The lowest BCUT2D eigenvalue weighted by Gasteiger charge is -2.34. The third-order valence-electron chi connectivity index (χ3n) is 4.43. The first-order valence-electron chi connectivity index (χ1n) is 8.40. The fourth-order valence-electron chi connectivity index (χ4n) is 3.02. The molecule has 4 rings (SSSR count). The Morgan fingerprint density at radius 1 is 1.08 bits per heavy atom. The zero-order chi connectivity index (χ0) is 17.9. The number of nitrogens with one attached hydrogen (secondary N) is 2. The predicted octanol–water partition coefficient (Wildman–Crippen LogP) is 1.25. The number of fused-ring (bicyclic) bond motifs is 1. The molecular formula is C18H18N6O2. The van der Waals surface area contributed by atoms with Gasteiger partial charge in [0, 0.05) is 43.4 Å². The largest absolute Gasteiger partial charge is 0.353 e. The van der Waals surface area contributed by atoms with Gasteiger partial charge in [0.05, 0.1) is 11.7 Å². The number of hydrogen-bond acceptors (Lipinski definition) is 5. The maximum atomic E-state index is 12.4. The van der Waals surface area contributed by atoms with E-state index in [0.717, 1.165) is 16.7 Å². The number of anilines is 2. The fourth-order valence-corrected chi connectivity index (χ4v) is 3.02. The van der Waals surface area contributed by atoms with Crippen molar-refractivity contribution in [3.05, 3.63) is 48.8 Å². The number of aromatic amines is 1. The Balaban J connectivity index is 1.36. The fraction of sp³-hybridized carbons (Fsp3) is 0.222. The van der Waals surface area contributed by atoms with Gasteiger partial charge in [-0.3, -0.25) is 14.7 Å². The number of aromatic nitrogens is 3. The van der Waals surface area contributed by atoms with Crippen molar-refractivity contribution < 1.29 is 9.59 Å². The van der Waals surface area contributed by atoms with Gasteiger partial charge in [0.2, 0.25) is 0 Å². The minimum absolute atomic E-state index is 0.489. The maximum absolute atomic E-state index is 12.4. The summed E-state index contributed by atoms with van der Waals surface area (Å²) >= 11 is 0. The van der Waals surface area contributed by atoms with Crippen molar-refractivity contribution in [2.45, 2.75) is 0 Å². The van der Waals surface area contributed by atoms with Gasteiger partial charge in [-0.25, -0.2) is 4.98 Å².